The molecule has 1 aliphatic rings. The summed E-state index contributed by atoms with van der Waals surface area (Å²) >= 11 is 1.63. The number of hydrogen-bond acceptors (Lipinski definition) is 4. The second kappa shape index (κ2) is 7.90. The molecule has 0 unspecified atom stereocenters. The first-order valence-corrected chi connectivity index (χ1v) is 9.73. The van der Waals surface area contributed by atoms with Gasteiger partial charge < -0.3 is 15.1 Å². The van der Waals surface area contributed by atoms with Crippen molar-refractivity contribution in [2.45, 2.75) is 39.4 Å². The van der Waals surface area contributed by atoms with Crippen LogP contribution in [-0.2, 0) is 26.1 Å². The quantitative estimate of drug-likeness (QED) is 0.872. The second-order valence-corrected chi connectivity index (χ2v) is 7.68. The molecule has 0 bridgehead atoms. The van der Waals surface area contributed by atoms with Gasteiger partial charge in [-0.1, -0.05) is 13.3 Å². The van der Waals surface area contributed by atoms with Gasteiger partial charge >= 0.3 is 6.03 Å². The number of rotatable bonds is 5. The summed E-state index contributed by atoms with van der Waals surface area (Å²) in [6.07, 6.45) is 2.09. The van der Waals surface area contributed by atoms with Crippen LogP contribution in [0.25, 0.3) is 0 Å². The summed E-state index contributed by atoms with van der Waals surface area (Å²) in [6.45, 7) is 4.38. The molecule has 3 amide bonds. The molecule has 0 radical (unpaired) electrons. The third-order valence-corrected chi connectivity index (χ3v) is 5.34. The number of thiophene rings is 1. The zero-order valence-electron chi connectivity index (χ0n) is 15.5. The van der Waals surface area contributed by atoms with Crippen molar-refractivity contribution in [2.75, 3.05) is 20.6 Å². The lowest BCUT2D eigenvalue weighted by atomic mass is 10.2. The number of nitrogens with zero attached hydrogens (tertiary/aromatic N) is 4. The lowest BCUT2D eigenvalue weighted by molar-refractivity contribution is 0.0950. The standard InChI is InChI=1S/C18H25N5O2S/c1-4-5-16-8-13(12-26-16)17(24)19-10-14-9-15-11-22(18(25)21(2)3)6-7-23(15)20-14/h8-9,12H,4-7,10-11H2,1-3H3,(H,19,24). The summed E-state index contributed by atoms with van der Waals surface area (Å²) in [5.74, 6) is -0.0704. The Morgan fingerprint density at radius 2 is 2.12 bits per heavy atom. The first-order valence-electron chi connectivity index (χ1n) is 8.85. The minimum absolute atomic E-state index is 0.00708. The van der Waals surface area contributed by atoms with Crippen LogP contribution in [0, 0.1) is 0 Å². The number of carbonyl (C=O) groups is 2. The molecule has 2 aromatic heterocycles. The number of nitrogens with one attached hydrogen (secondary N) is 1. The fourth-order valence-electron chi connectivity index (χ4n) is 3.01. The first-order chi connectivity index (χ1) is 12.5. The maximum Gasteiger partial charge on any atom is 0.319 e. The van der Waals surface area contributed by atoms with E-state index in [-0.39, 0.29) is 11.9 Å². The molecule has 0 saturated carbocycles. The predicted molar refractivity (Wildman–Crippen MR) is 101 cm³/mol. The summed E-state index contributed by atoms with van der Waals surface area (Å²) in [5.41, 5.74) is 2.53. The van der Waals surface area contributed by atoms with Gasteiger partial charge in [-0.15, -0.1) is 11.3 Å². The Balaban J connectivity index is 1.58. The highest BCUT2D eigenvalue weighted by Crippen LogP contribution is 2.17. The van der Waals surface area contributed by atoms with E-state index < -0.39 is 0 Å². The monoisotopic (exact) mass is 375 g/mol. The molecule has 0 saturated heterocycles. The highest BCUT2D eigenvalue weighted by molar-refractivity contribution is 7.10. The van der Waals surface area contributed by atoms with E-state index in [9.17, 15) is 9.59 Å². The van der Waals surface area contributed by atoms with E-state index >= 15 is 0 Å². The molecular formula is C18H25N5O2S. The summed E-state index contributed by atoms with van der Waals surface area (Å²) < 4.78 is 1.92. The van der Waals surface area contributed by atoms with Crippen molar-refractivity contribution in [2.24, 2.45) is 0 Å². The van der Waals surface area contributed by atoms with Gasteiger partial charge in [0.05, 0.1) is 36.6 Å². The van der Waals surface area contributed by atoms with Gasteiger partial charge in [-0.25, -0.2) is 4.79 Å². The van der Waals surface area contributed by atoms with E-state index in [0.717, 1.165) is 24.2 Å². The molecule has 26 heavy (non-hydrogen) atoms. The normalized spacial score (nSPS) is 13.4. The van der Waals surface area contributed by atoms with Crippen LogP contribution in [0.1, 0.15) is 40.0 Å². The molecule has 1 aliphatic heterocycles. The van der Waals surface area contributed by atoms with Crippen molar-refractivity contribution in [1.82, 2.24) is 24.9 Å². The molecule has 0 atom stereocenters. The van der Waals surface area contributed by atoms with Crippen molar-refractivity contribution in [3.05, 3.63) is 39.3 Å². The molecule has 7 nitrogen and oxygen atoms in total. The summed E-state index contributed by atoms with van der Waals surface area (Å²) in [5, 5.41) is 9.38. The lowest BCUT2D eigenvalue weighted by Crippen LogP contribution is -2.43. The first kappa shape index (κ1) is 18.4. The van der Waals surface area contributed by atoms with E-state index in [1.165, 1.54) is 4.88 Å². The minimum atomic E-state index is -0.0704. The van der Waals surface area contributed by atoms with Crippen LogP contribution in [0.15, 0.2) is 17.5 Å². The maximum atomic E-state index is 12.3. The summed E-state index contributed by atoms with van der Waals surface area (Å²) in [6, 6.07) is 3.94. The summed E-state index contributed by atoms with van der Waals surface area (Å²) in [4.78, 5) is 29.0. The van der Waals surface area contributed by atoms with E-state index in [2.05, 4.69) is 17.3 Å². The smallest absolute Gasteiger partial charge is 0.319 e. The van der Waals surface area contributed by atoms with E-state index in [1.54, 1.807) is 35.2 Å². The number of urea groups is 1. The van der Waals surface area contributed by atoms with E-state index in [4.69, 9.17) is 0 Å². The summed E-state index contributed by atoms with van der Waals surface area (Å²) in [7, 11) is 3.51. The van der Waals surface area contributed by atoms with Crippen LogP contribution in [0.5, 0.6) is 0 Å². The predicted octanol–water partition coefficient (Wildman–Crippen LogP) is 2.32. The molecule has 140 valence electrons. The van der Waals surface area contributed by atoms with Crippen LogP contribution in [0.2, 0.25) is 0 Å². The topological polar surface area (TPSA) is 70.5 Å². The molecular weight excluding hydrogens is 350 g/mol. The molecule has 3 heterocycles. The Morgan fingerprint density at radius 3 is 2.85 bits per heavy atom. The van der Waals surface area contributed by atoms with Gasteiger partial charge in [-0.2, -0.15) is 5.10 Å². The molecule has 0 spiro atoms. The average Bonchev–Trinajstić information content (AvgIpc) is 3.25. The lowest BCUT2D eigenvalue weighted by Gasteiger charge is -2.29. The van der Waals surface area contributed by atoms with E-state index in [1.807, 2.05) is 22.2 Å². The van der Waals surface area contributed by atoms with Crippen molar-refractivity contribution >= 4 is 23.3 Å². The molecule has 3 rings (SSSR count). The van der Waals surface area contributed by atoms with Gasteiger partial charge in [-0.3, -0.25) is 9.48 Å². The zero-order chi connectivity index (χ0) is 18.7. The Morgan fingerprint density at radius 1 is 1.31 bits per heavy atom. The molecule has 0 aliphatic carbocycles. The Hall–Kier alpha value is -2.35. The van der Waals surface area contributed by atoms with Crippen molar-refractivity contribution < 1.29 is 9.59 Å². The fourth-order valence-corrected chi connectivity index (χ4v) is 3.98. The zero-order valence-corrected chi connectivity index (χ0v) is 16.3. The number of aryl methyl sites for hydroxylation is 1. The Labute approximate surface area is 157 Å². The second-order valence-electron chi connectivity index (χ2n) is 6.68. The number of fused-ring (bicyclic) bond motifs is 1. The van der Waals surface area contributed by atoms with Crippen LogP contribution in [-0.4, -0.2) is 52.2 Å². The van der Waals surface area contributed by atoms with Gasteiger partial charge in [0.1, 0.15) is 0 Å². The van der Waals surface area contributed by atoms with Crippen molar-refractivity contribution in [1.29, 1.82) is 0 Å². The van der Waals surface area contributed by atoms with Crippen LogP contribution >= 0.6 is 11.3 Å². The third-order valence-electron chi connectivity index (χ3n) is 4.34. The van der Waals surface area contributed by atoms with Crippen LogP contribution in [0.4, 0.5) is 4.79 Å². The van der Waals surface area contributed by atoms with Crippen LogP contribution < -0.4 is 5.32 Å². The molecule has 0 aromatic carbocycles. The third kappa shape index (κ3) is 4.07. The number of carbonyl (C=O) groups excluding carboxylic acids is 2. The molecule has 0 fully saturated rings. The van der Waals surface area contributed by atoms with Crippen LogP contribution in [0.3, 0.4) is 0 Å². The molecule has 2 aromatic rings. The van der Waals surface area contributed by atoms with Gasteiger partial charge in [0.25, 0.3) is 5.91 Å². The van der Waals surface area contributed by atoms with E-state index in [0.29, 0.717) is 31.7 Å². The number of amides is 3. The highest BCUT2D eigenvalue weighted by Gasteiger charge is 2.23. The molecule has 8 heteroatoms. The van der Waals surface area contributed by atoms with Gasteiger partial charge in [0.2, 0.25) is 0 Å². The minimum Gasteiger partial charge on any atom is -0.346 e. The Bertz CT molecular complexity index is 795. The van der Waals surface area contributed by atoms with Gasteiger partial charge in [0, 0.05) is 30.9 Å². The van der Waals surface area contributed by atoms with Crippen molar-refractivity contribution in [3.63, 3.8) is 0 Å². The molecule has 1 N–H and O–H groups in total. The van der Waals surface area contributed by atoms with Gasteiger partial charge in [0.15, 0.2) is 0 Å². The van der Waals surface area contributed by atoms with Crippen molar-refractivity contribution in [3.8, 4) is 0 Å². The maximum absolute atomic E-state index is 12.3. The Kier molecular flexibility index (Phi) is 5.61. The van der Waals surface area contributed by atoms with Gasteiger partial charge in [-0.05, 0) is 18.6 Å². The largest absolute Gasteiger partial charge is 0.346 e. The number of aromatic nitrogens is 2. The number of hydrogen-bond donors (Lipinski definition) is 1. The fraction of sp³-hybridized carbons (Fsp3) is 0.500. The SMILES string of the molecule is CCCc1cc(C(=O)NCc2cc3n(n2)CCN(C(=O)N(C)C)C3)cs1. The highest BCUT2D eigenvalue weighted by atomic mass is 32.1. The average molecular weight is 375 g/mol.